The number of carbonyl (C=O) groups excluding carboxylic acids is 1. The smallest absolute Gasteiger partial charge is 0.326 e. The van der Waals surface area contributed by atoms with Gasteiger partial charge in [0.05, 0.1) is 5.41 Å². The van der Waals surface area contributed by atoms with Gasteiger partial charge in [-0.25, -0.2) is 4.79 Å². The average Bonchev–Trinajstić information content (AvgIpc) is 2.66. The van der Waals surface area contributed by atoms with Gasteiger partial charge in [-0.05, 0) is 73.5 Å². The third kappa shape index (κ3) is 3.99. The van der Waals surface area contributed by atoms with Crippen molar-refractivity contribution in [3.05, 3.63) is 24.3 Å². The maximum atomic E-state index is 13.5. The topological polar surface area (TPSA) is 66.4 Å². The first-order chi connectivity index (χ1) is 13.9. The number of nitrogens with one attached hydrogen (secondary N) is 1. The summed E-state index contributed by atoms with van der Waals surface area (Å²) in [4.78, 5) is 25.3. The van der Waals surface area contributed by atoms with Gasteiger partial charge in [-0.1, -0.05) is 58.8 Å². The summed E-state index contributed by atoms with van der Waals surface area (Å²) in [6.45, 7) is 14.8. The molecule has 2 saturated carbocycles. The molecule has 2 N–H and O–H groups in total. The number of hydrogen-bond donors (Lipinski definition) is 2. The van der Waals surface area contributed by atoms with Crippen LogP contribution in [0.3, 0.4) is 0 Å². The first kappa shape index (κ1) is 23.1. The van der Waals surface area contributed by atoms with E-state index >= 15 is 0 Å². The van der Waals surface area contributed by atoms with Crippen molar-refractivity contribution in [2.75, 3.05) is 0 Å². The molecule has 168 valence electrons. The highest BCUT2D eigenvalue weighted by molar-refractivity contribution is 5.87. The predicted octanol–water partition coefficient (Wildman–Crippen LogP) is 5.74. The number of amides is 1. The Morgan fingerprint density at radius 1 is 1.27 bits per heavy atom. The van der Waals surface area contributed by atoms with E-state index in [-0.39, 0.29) is 28.6 Å². The van der Waals surface area contributed by atoms with Crippen molar-refractivity contribution in [1.82, 2.24) is 5.32 Å². The van der Waals surface area contributed by atoms with Gasteiger partial charge in [0.25, 0.3) is 0 Å². The molecule has 0 aliphatic heterocycles. The summed E-state index contributed by atoms with van der Waals surface area (Å²) >= 11 is 0. The van der Waals surface area contributed by atoms with Crippen LogP contribution in [0.4, 0.5) is 0 Å². The molecule has 3 aliphatic carbocycles. The summed E-state index contributed by atoms with van der Waals surface area (Å²) < 4.78 is 0. The number of hydrogen-bond acceptors (Lipinski definition) is 2. The van der Waals surface area contributed by atoms with E-state index in [1.165, 1.54) is 0 Å². The molecule has 1 amide bonds. The van der Waals surface area contributed by atoms with Gasteiger partial charge in [-0.3, -0.25) is 4.79 Å². The lowest BCUT2D eigenvalue weighted by Crippen LogP contribution is -2.57. The molecule has 4 nitrogen and oxygen atoms in total. The van der Waals surface area contributed by atoms with Crippen molar-refractivity contribution < 1.29 is 14.7 Å². The van der Waals surface area contributed by atoms with Crippen LogP contribution in [-0.2, 0) is 9.59 Å². The molecule has 3 rings (SSSR count). The molecular weight excluding hydrogens is 374 g/mol. The van der Waals surface area contributed by atoms with E-state index in [1.54, 1.807) is 5.57 Å². The Kier molecular flexibility index (Phi) is 6.28. The van der Waals surface area contributed by atoms with Gasteiger partial charge in [-0.15, -0.1) is 6.58 Å². The molecule has 0 radical (unpaired) electrons. The highest BCUT2D eigenvalue weighted by Crippen LogP contribution is 2.63. The SMILES string of the molecule is C=C[C@@]1(C)CC=C2C(CCC3[C@](C)(C(=O)N[C@@H](CC(C)C)C(=O)O)CCC[C@@]23C)C1. The van der Waals surface area contributed by atoms with Crippen LogP contribution in [0, 0.1) is 34.0 Å². The highest BCUT2D eigenvalue weighted by atomic mass is 16.4. The van der Waals surface area contributed by atoms with Crippen LogP contribution in [0.2, 0.25) is 0 Å². The lowest BCUT2D eigenvalue weighted by atomic mass is 9.46. The van der Waals surface area contributed by atoms with Crippen LogP contribution in [0.15, 0.2) is 24.3 Å². The Labute approximate surface area is 182 Å². The lowest BCUT2D eigenvalue weighted by Gasteiger charge is -2.58. The standard InChI is InChI=1S/C26H41NO3/c1-7-24(4)14-11-19-18(16-24)9-10-21-25(19,5)12-8-13-26(21,6)23(30)27-20(22(28)29)15-17(2)3/h7,11,17-18,20-21H,1,8-10,12-16H2,2-6H3,(H,27,30)(H,28,29)/t18?,20-,21?,24-,25-,26+/m0/s1. The van der Waals surface area contributed by atoms with E-state index < -0.39 is 17.4 Å². The first-order valence-electron chi connectivity index (χ1n) is 11.8. The van der Waals surface area contributed by atoms with Crippen molar-refractivity contribution in [2.45, 2.75) is 92.0 Å². The normalized spacial score (nSPS) is 39.3. The van der Waals surface area contributed by atoms with Gasteiger partial charge in [0.1, 0.15) is 6.04 Å². The largest absolute Gasteiger partial charge is 0.480 e. The number of rotatable bonds is 6. The average molecular weight is 416 g/mol. The van der Waals surface area contributed by atoms with Crippen LogP contribution >= 0.6 is 0 Å². The second kappa shape index (κ2) is 8.16. The zero-order valence-electron chi connectivity index (χ0n) is 19.6. The van der Waals surface area contributed by atoms with Crippen LogP contribution in [-0.4, -0.2) is 23.0 Å². The quantitative estimate of drug-likeness (QED) is 0.544. The molecule has 0 aromatic rings. The fourth-order valence-corrected chi connectivity index (χ4v) is 6.90. The van der Waals surface area contributed by atoms with Crippen LogP contribution in [0.5, 0.6) is 0 Å². The van der Waals surface area contributed by atoms with Crippen molar-refractivity contribution in [3.8, 4) is 0 Å². The molecule has 30 heavy (non-hydrogen) atoms. The summed E-state index contributed by atoms with van der Waals surface area (Å²) in [5.74, 6) is 0.0840. The molecule has 0 heterocycles. The fourth-order valence-electron chi connectivity index (χ4n) is 6.90. The van der Waals surface area contributed by atoms with Crippen LogP contribution in [0.25, 0.3) is 0 Å². The third-order valence-electron chi connectivity index (χ3n) is 8.66. The van der Waals surface area contributed by atoms with E-state index in [1.807, 2.05) is 13.8 Å². The van der Waals surface area contributed by atoms with E-state index in [0.717, 1.165) is 44.9 Å². The van der Waals surface area contributed by atoms with Crippen molar-refractivity contribution >= 4 is 11.9 Å². The summed E-state index contributed by atoms with van der Waals surface area (Å²) in [6, 6.07) is -0.805. The minimum atomic E-state index is -0.929. The van der Waals surface area contributed by atoms with Gasteiger partial charge in [0.2, 0.25) is 5.91 Å². The Balaban J connectivity index is 1.87. The van der Waals surface area contributed by atoms with E-state index in [2.05, 4.69) is 44.8 Å². The predicted molar refractivity (Wildman–Crippen MR) is 121 cm³/mol. The molecule has 0 aromatic carbocycles. The van der Waals surface area contributed by atoms with Gasteiger partial charge in [0.15, 0.2) is 0 Å². The Morgan fingerprint density at radius 3 is 2.57 bits per heavy atom. The van der Waals surface area contributed by atoms with Gasteiger partial charge in [0, 0.05) is 0 Å². The molecule has 0 bridgehead atoms. The molecule has 0 saturated heterocycles. The summed E-state index contributed by atoms with van der Waals surface area (Å²) in [5.41, 5.74) is 1.27. The van der Waals surface area contributed by atoms with Crippen molar-refractivity contribution in [2.24, 2.45) is 34.0 Å². The number of aliphatic carboxylic acids is 1. The zero-order chi connectivity index (χ0) is 22.3. The van der Waals surface area contributed by atoms with Gasteiger partial charge in [-0.2, -0.15) is 0 Å². The maximum Gasteiger partial charge on any atom is 0.326 e. The van der Waals surface area contributed by atoms with E-state index in [0.29, 0.717) is 12.3 Å². The zero-order valence-corrected chi connectivity index (χ0v) is 19.6. The fraction of sp³-hybridized carbons (Fsp3) is 0.769. The molecule has 3 aliphatic rings. The first-order valence-corrected chi connectivity index (χ1v) is 11.8. The van der Waals surface area contributed by atoms with E-state index in [4.69, 9.17) is 0 Å². The summed E-state index contributed by atoms with van der Waals surface area (Å²) in [6.07, 6.45) is 12.4. The highest BCUT2D eigenvalue weighted by Gasteiger charge is 2.57. The number of allylic oxidation sites excluding steroid dienone is 3. The molecule has 0 aromatic heterocycles. The number of carbonyl (C=O) groups is 2. The van der Waals surface area contributed by atoms with Gasteiger partial charge < -0.3 is 10.4 Å². The third-order valence-corrected chi connectivity index (χ3v) is 8.66. The van der Waals surface area contributed by atoms with Gasteiger partial charge >= 0.3 is 5.97 Å². The molecule has 0 spiro atoms. The molecule has 6 atom stereocenters. The Bertz CT molecular complexity index is 741. The molecule has 2 unspecified atom stereocenters. The number of fused-ring (bicyclic) bond motifs is 3. The lowest BCUT2D eigenvalue weighted by molar-refractivity contribution is -0.149. The molecule has 2 fully saturated rings. The van der Waals surface area contributed by atoms with E-state index in [9.17, 15) is 14.7 Å². The maximum absolute atomic E-state index is 13.5. The number of carboxylic acids is 1. The van der Waals surface area contributed by atoms with Crippen molar-refractivity contribution in [1.29, 1.82) is 0 Å². The Morgan fingerprint density at radius 2 is 1.97 bits per heavy atom. The minimum Gasteiger partial charge on any atom is -0.480 e. The minimum absolute atomic E-state index is 0.0343. The van der Waals surface area contributed by atoms with Crippen molar-refractivity contribution in [3.63, 3.8) is 0 Å². The molecular formula is C26H41NO3. The van der Waals surface area contributed by atoms with Crippen LogP contribution < -0.4 is 5.32 Å². The van der Waals surface area contributed by atoms with Crippen LogP contribution in [0.1, 0.15) is 86.0 Å². The summed E-state index contributed by atoms with van der Waals surface area (Å²) in [5, 5.41) is 12.6. The summed E-state index contributed by atoms with van der Waals surface area (Å²) in [7, 11) is 0. The molecule has 4 heteroatoms. The number of carboxylic acid groups (broad SMARTS) is 1. The second-order valence-corrected chi connectivity index (χ2v) is 11.4. The second-order valence-electron chi connectivity index (χ2n) is 11.4. The Hall–Kier alpha value is -1.58. The monoisotopic (exact) mass is 415 g/mol.